The molecule has 2 rings (SSSR count). The Morgan fingerprint density at radius 2 is 2.32 bits per heavy atom. The predicted molar refractivity (Wildman–Crippen MR) is 81.2 cm³/mol. The molecule has 5 heteroatoms. The van der Waals surface area contributed by atoms with E-state index in [9.17, 15) is 4.39 Å². The van der Waals surface area contributed by atoms with Gasteiger partial charge in [-0.25, -0.2) is 4.39 Å². The molecule has 0 saturated carbocycles. The van der Waals surface area contributed by atoms with Crippen molar-refractivity contribution in [2.24, 2.45) is 11.7 Å². The van der Waals surface area contributed by atoms with Gasteiger partial charge in [-0.2, -0.15) is 0 Å². The molecule has 1 unspecified atom stereocenters. The zero-order valence-corrected chi connectivity index (χ0v) is 12.2. The van der Waals surface area contributed by atoms with E-state index in [0.29, 0.717) is 11.5 Å². The van der Waals surface area contributed by atoms with Crippen LogP contribution in [-0.2, 0) is 0 Å². The van der Waals surface area contributed by atoms with Crippen LogP contribution in [0.1, 0.15) is 12.0 Å². The smallest absolute Gasteiger partial charge is 0.124 e. The maximum atomic E-state index is 13.3. The van der Waals surface area contributed by atoms with Gasteiger partial charge in [0, 0.05) is 31.4 Å². The molecule has 0 aromatic heterocycles. The number of likely N-dealkylation sites (tertiary alicyclic amines) is 1. The molecule has 104 valence electrons. The molecule has 19 heavy (non-hydrogen) atoms. The van der Waals surface area contributed by atoms with E-state index < -0.39 is 0 Å². The highest BCUT2D eigenvalue weighted by Crippen LogP contribution is 2.24. The summed E-state index contributed by atoms with van der Waals surface area (Å²) in [6.45, 7) is 3.18. The Labute approximate surface area is 119 Å². The van der Waals surface area contributed by atoms with Gasteiger partial charge in [-0.15, -0.1) is 0 Å². The first-order valence-electron chi connectivity index (χ1n) is 6.46. The average molecular weight is 281 g/mol. The molecule has 3 nitrogen and oxygen atoms in total. The van der Waals surface area contributed by atoms with Gasteiger partial charge in [0.25, 0.3) is 0 Å². The van der Waals surface area contributed by atoms with E-state index >= 15 is 0 Å². The third-order valence-electron chi connectivity index (χ3n) is 3.66. The Morgan fingerprint density at radius 1 is 1.58 bits per heavy atom. The number of rotatable bonds is 4. The molecule has 1 fully saturated rings. The monoisotopic (exact) mass is 281 g/mol. The lowest BCUT2D eigenvalue weighted by atomic mass is 10.1. The molecule has 0 radical (unpaired) electrons. The van der Waals surface area contributed by atoms with Gasteiger partial charge in [0.1, 0.15) is 10.8 Å². The Bertz CT molecular complexity index is 478. The van der Waals surface area contributed by atoms with E-state index in [4.69, 9.17) is 18.0 Å². The van der Waals surface area contributed by atoms with Gasteiger partial charge >= 0.3 is 0 Å². The van der Waals surface area contributed by atoms with Crippen LogP contribution in [-0.4, -0.2) is 43.6 Å². The van der Waals surface area contributed by atoms with Gasteiger partial charge in [0.05, 0.1) is 0 Å². The maximum absolute atomic E-state index is 13.3. The number of thiocarbonyl (C=S) groups is 1. The quantitative estimate of drug-likeness (QED) is 0.854. The minimum atomic E-state index is -0.305. The van der Waals surface area contributed by atoms with Crippen LogP contribution in [0, 0.1) is 11.7 Å². The molecule has 1 aromatic carbocycles. The van der Waals surface area contributed by atoms with Crippen molar-refractivity contribution in [1.82, 2.24) is 4.90 Å². The van der Waals surface area contributed by atoms with Crippen molar-refractivity contribution >= 4 is 22.9 Å². The van der Waals surface area contributed by atoms with Crippen molar-refractivity contribution in [2.45, 2.75) is 6.42 Å². The van der Waals surface area contributed by atoms with Crippen LogP contribution in [0.2, 0.25) is 0 Å². The first kappa shape index (κ1) is 14.2. The number of anilines is 1. The molecular formula is C14H20FN3S. The van der Waals surface area contributed by atoms with E-state index in [1.807, 2.05) is 7.05 Å². The molecule has 0 bridgehead atoms. The van der Waals surface area contributed by atoms with Crippen molar-refractivity contribution in [2.75, 3.05) is 38.6 Å². The molecule has 2 N–H and O–H groups in total. The highest BCUT2D eigenvalue weighted by Gasteiger charge is 2.22. The molecule has 1 atom stereocenters. The van der Waals surface area contributed by atoms with Gasteiger partial charge in [-0.05, 0) is 44.1 Å². The average Bonchev–Trinajstić information content (AvgIpc) is 2.74. The normalized spacial score (nSPS) is 19.6. The van der Waals surface area contributed by atoms with Crippen molar-refractivity contribution in [3.63, 3.8) is 0 Å². The van der Waals surface area contributed by atoms with Gasteiger partial charge in [0.2, 0.25) is 0 Å². The summed E-state index contributed by atoms with van der Waals surface area (Å²) in [5.74, 6) is 0.333. The molecule has 0 aliphatic carbocycles. The van der Waals surface area contributed by atoms with Crippen LogP contribution in [0.5, 0.6) is 0 Å². The highest BCUT2D eigenvalue weighted by molar-refractivity contribution is 7.80. The summed E-state index contributed by atoms with van der Waals surface area (Å²) in [6.07, 6.45) is 1.20. The minimum absolute atomic E-state index is 0.241. The van der Waals surface area contributed by atoms with Gasteiger partial charge in [-0.3, -0.25) is 0 Å². The van der Waals surface area contributed by atoms with E-state index in [2.05, 4.69) is 16.8 Å². The van der Waals surface area contributed by atoms with Gasteiger partial charge in [0.15, 0.2) is 0 Å². The standard InChI is InChI=1S/C14H20FN3S/c1-17-6-5-10(8-17)9-18(2)13-4-3-11(15)7-12(13)14(16)19/h3-4,7,10H,5-6,8-9H2,1-2H3,(H2,16,19). The molecular weight excluding hydrogens is 261 g/mol. The Morgan fingerprint density at radius 3 is 2.89 bits per heavy atom. The second kappa shape index (κ2) is 5.84. The number of nitrogens with two attached hydrogens (primary N) is 1. The Hall–Kier alpha value is -1.20. The summed E-state index contributed by atoms with van der Waals surface area (Å²) in [7, 11) is 4.14. The fraction of sp³-hybridized carbons (Fsp3) is 0.500. The Kier molecular flexibility index (Phi) is 4.37. The summed E-state index contributed by atoms with van der Waals surface area (Å²) in [6, 6.07) is 4.62. The van der Waals surface area contributed by atoms with E-state index in [1.54, 1.807) is 6.07 Å². The molecule has 1 heterocycles. The van der Waals surface area contributed by atoms with Crippen LogP contribution < -0.4 is 10.6 Å². The summed E-state index contributed by atoms with van der Waals surface area (Å²) < 4.78 is 13.3. The topological polar surface area (TPSA) is 32.5 Å². The molecule has 0 amide bonds. The number of nitrogens with zero attached hydrogens (tertiary/aromatic N) is 2. The zero-order chi connectivity index (χ0) is 14.0. The van der Waals surface area contributed by atoms with Gasteiger partial charge < -0.3 is 15.5 Å². The van der Waals surface area contributed by atoms with Crippen molar-refractivity contribution in [1.29, 1.82) is 0 Å². The second-order valence-electron chi connectivity index (χ2n) is 5.32. The lowest BCUT2D eigenvalue weighted by Crippen LogP contribution is -2.29. The molecule has 1 aliphatic rings. The zero-order valence-electron chi connectivity index (χ0n) is 11.4. The molecule has 1 aliphatic heterocycles. The third-order valence-corrected chi connectivity index (χ3v) is 3.88. The van der Waals surface area contributed by atoms with Crippen LogP contribution in [0.3, 0.4) is 0 Å². The Balaban J connectivity index is 2.14. The lowest BCUT2D eigenvalue weighted by molar-refractivity contribution is 0.396. The fourth-order valence-electron chi connectivity index (χ4n) is 2.70. The number of halogens is 1. The molecule has 1 saturated heterocycles. The lowest BCUT2D eigenvalue weighted by Gasteiger charge is -2.25. The highest BCUT2D eigenvalue weighted by atomic mass is 32.1. The van der Waals surface area contributed by atoms with Crippen molar-refractivity contribution in [3.8, 4) is 0 Å². The maximum Gasteiger partial charge on any atom is 0.124 e. The molecule has 1 aromatic rings. The first-order chi connectivity index (χ1) is 8.97. The van der Waals surface area contributed by atoms with Crippen LogP contribution in [0.4, 0.5) is 10.1 Å². The SMILES string of the molecule is CN1CCC(CN(C)c2ccc(F)cc2C(N)=S)C1. The van der Waals surface area contributed by atoms with Gasteiger partial charge in [-0.1, -0.05) is 12.2 Å². The van der Waals surface area contributed by atoms with Crippen molar-refractivity contribution < 1.29 is 4.39 Å². The summed E-state index contributed by atoms with van der Waals surface area (Å²) in [5, 5.41) is 0. The van der Waals surface area contributed by atoms with Crippen LogP contribution >= 0.6 is 12.2 Å². The summed E-state index contributed by atoms with van der Waals surface area (Å²) in [4.78, 5) is 4.69. The third kappa shape index (κ3) is 3.42. The van der Waals surface area contributed by atoms with E-state index in [0.717, 1.165) is 25.3 Å². The fourth-order valence-corrected chi connectivity index (χ4v) is 2.86. The second-order valence-corrected chi connectivity index (χ2v) is 5.76. The summed E-state index contributed by atoms with van der Waals surface area (Å²) in [5.41, 5.74) is 7.20. The minimum Gasteiger partial charge on any atom is -0.389 e. The van der Waals surface area contributed by atoms with Crippen molar-refractivity contribution in [3.05, 3.63) is 29.6 Å². The number of hydrogen-bond acceptors (Lipinski definition) is 3. The predicted octanol–water partition coefficient (Wildman–Crippen LogP) is 1.85. The van der Waals surface area contributed by atoms with E-state index in [-0.39, 0.29) is 10.8 Å². The van der Waals surface area contributed by atoms with Crippen LogP contribution in [0.15, 0.2) is 18.2 Å². The molecule has 0 spiro atoms. The largest absolute Gasteiger partial charge is 0.389 e. The number of hydrogen-bond donors (Lipinski definition) is 1. The summed E-state index contributed by atoms with van der Waals surface area (Å²) >= 11 is 5.01. The number of benzene rings is 1. The first-order valence-corrected chi connectivity index (χ1v) is 6.87. The van der Waals surface area contributed by atoms with E-state index in [1.165, 1.54) is 18.6 Å². The van der Waals surface area contributed by atoms with Crippen LogP contribution in [0.25, 0.3) is 0 Å².